The number of hydrogen-bond acceptors (Lipinski definition) is 3. The first-order valence-corrected chi connectivity index (χ1v) is 9.97. The highest BCUT2D eigenvalue weighted by Crippen LogP contribution is 2.21. The molecule has 1 heterocycles. The summed E-state index contributed by atoms with van der Waals surface area (Å²) >= 11 is 0. The molecule has 0 atom stereocenters. The Balaban J connectivity index is 1.86. The van der Waals surface area contributed by atoms with Crippen molar-refractivity contribution in [2.45, 2.75) is 27.2 Å². The zero-order valence-corrected chi connectivity index (χ0v) is 17.3. The second-order valence-electron chi connectivity index (χ2n) is 7.38. The van der Waals surface area contributed by atoms with E-state index in [1.54, 1.807) is 30.3 Å². The highest BCUT2D eigenvalue weighted by molar-refractivity contribution is 6.00. The third kappa shape index (κ3) is 3.62. The molecule has 30 heavy (non-hydrogen) atoms. The van der Waals surface area contributed by atoms with Crippen LogP contribution in [0.3, 0.4) is 0 Å². The average Bonchev–Trinajstić information content (AvgIpc) is 2.77. The maximum Gasteiger partial charge on any atom is 0.280 e. The van der Waals surface area contributed by atoms with Gasteiger partial charge < -0.3 is 0 Å². The number of aromatic nitrogens is 2. The molecule has 0 spiro atoms. The summed E-state index contributed by atoms with van der Waals surface area (Å²) < 4.78 is 1.25. The third-order valence-electron chi connectivity index (χ3n) is 5.38. The van der Waals surface area contributed by atoms with Crippen LogP contribution in [0.15, 0.2) is 71.5 Å². The normalized spacial score (nSPS) is 10.9. The molecule has 0 saturated heterocycles. The van der Waals surface area contributed by atoms with Crippen molar-refractivity contribution in [1.29, 1.82) is 0 Å². The van der Waals surface area contributed by atoms with E-state index in [0.29, 0.717) is 22.3 Å². The van der Waals surface area contributed by atoms with E-state index in [1.165, 1.54) is 4.68 Å². The number of aryl methyl sites for hydroxylation is 3. The first-order valence-electron chi connectivity index (χ1n) is 9.97. The van der Waals surface area contributed by atoms with Gasteiger partial charge in [-0.15, -0.1) is 0 Å². The van der Waals surface area contributed by atoms with Crippen molar-refractivity contribution in [2.75, 3.05) is 5.43 Å². The molecule has 0 fully saturated rings. The van der Waals surface area contributed by atoms with E-state index in [9.17, 15) is 9.59 Å². The van der Waals surface area contributed by atoms with Gasteiger partial charge in [0.2, 0.25) is 0 Å². The van der Waals surface area contributed by atoms with Crippen LogP contribution in [0.25, 0.3) is 22.3 Å². The van der Waals surface area contributed by atoms with Crippen molar-refractivity contribution in [3.8, 4) is 11.4 Å². The van der Waals surface area contributed by atoms with Crippen LogP contribution in [0.1, 0.15) is 34.0 Å². The van der Waals surface area contributed by atoms with E-state index < -0.39 is 0 Å². The van der Waals surface area contributed by atoms with Gasteiger partial charge in [0, 0.05) is 11.1 Å². The first kappa shape index (κ1) is 19.6. The van der Waals surface area contributed by atoms with Crippen LogP contribution in [0.4, 0.5) is 0 Å². The average molecular weight is 397 g/mol. The summed E-state index contributed by atoms with van der Waals surface area (Å²) in [7, 11) is 0. The summed E-state index contributed by atoms with van der Waals surface area (Å²) in [5.74, 6) is 0.0437. The van der Waals surface area contributed by atoms with Crippen LogP contribution in [0.2, 0.25) is 0 Å². The molecular weight excluding hydrogens is 374 g/mol. The largest absolute Gasteiger partial charge is 0.280 e. The topological polar surface area (TPSA) is 64.0 Å². The third-order valence-corrected chi connectivity index (χ3v) is 5.38. The predicted octanol–water partition coefficient (Wildman–Crippen LogP) is 4.63. The second-order valence-corrected chi connectivity index (χ2v) is 7.38. The highest BCUT2D eigenvalue weighted by atomic mass is 16.2. The summed E-state index contributed by atoms with van der Waals surface area (Å²) in [5, 5.41) is 0.451. The number of nitrogens with one attached hydrogen (secondary N) is 1. The Labute approximate surface area is 175 Å². The van der Waals surface area contributed by atoms with Gasteiger partial charge in [-0.2, -0.15) is 4.68 Å². The van der Waals surface area contributed by atoms with E-state index in [4.69, 9.17) is 4.98 Å². The summed E-state index contributed by atoms with van der Waals surface area (Å²) in [6.07, 6.45) is 0.896. The number of para-hydroxylation sites is 1. The lowest BCUT2D eigenvalue weighted by molar-refractivity contribution is 0.101. The molecule has 3 aromatic carbocycles. The molecule has 0 aliphatic carbocycles. The van der Waals surface area contributed by atoms with Crippen molar-refractivity contribution in [3.63, 3.8) is 0 Å². The van der Waals surface area contributed by atoms with Crippen molar-refractivity contribution >= 4 is 16.8 Å². The van der Waals surface area contributed by atoms with Gasteiger partial charge in [0.1, 0.15) is 0 Å². The lowest BCUT2D eigenvalue weighted by Gasteiger charge is -2.15. The molecule has 0 aliphatic heterocycles. The fourth-order valence-electron chi connectivity index (χ4n) is 3.37. The number of rotatable bonds is 4. The number of carbonyl (C=O) groups is 1. The predicted molar refractivity (Wildman–Crippen MR) is 120 cm³/mol. The van der Waals surface area contributed by atoms with E-state index in [2.05, 4.69) is 12.3 Å². The van der Waals surface area contributed by atoms with Crippen molar-refractivity contribution in [2.24, 2.45) is 0 Å². The number of hydrogen-bond donors (Lipinski definition) is 1. The van der Waals surface area contributed by atoms with Gasteiger partial charge in [0.25, 0.3) is 11.5 Å². The van der Waals surface area contributed by atoms with Gasteiger partial charge >= 0.3 is 0 Å². The van der Waals surface area contributed by atoms with Crippen molar-refractivity contribution in [3.05, 3.63) is 99.3 Å². The fraction of sp³-hybridized carbons (Fsp3) is 0.160. The number of fused-ring (bicyclic) bond motifs is 1. The number of amides is 1. The first-order chi connectivity index (χ1) is 14.5. The minimum Gasteiger partial charge on any atom is -0.267 e. The molecule has 5 nitrogen and oxygen atoms in total. The van der Waals surface area contributed by atoms with Gasteiger partial charge in [-0.25, -0.2) is 4.98 Å². The van der Waals surface area contributed by atoms with E-state index in [1.807, 2.05) is 50.2 Å². The second kappa shape index (κ2) is 7.95. The summed E-state index contributed by atoms with van der Waals surface area (Å²) in [4.78, 5) is 30.9. The number of nitrogens with zero attached hydrogens (tertiary/aromatic N) is 2. The quantitative estimate of drug-likeness (QED) is 0.546. The lowest BCUT2D eigenvalue weighted by Crippen LogP contribution is -2.35. The summed E-state index contributed by atoms with van der Waals surface area (Å²) in [6.45, 7) is 6.10. The Morgan fingerprint density at radius 2 is 1.70 bits per heavy atom. The zero-order chi connectivity index (χ0) is 21.3. The minimum absolute atomic E-state index is 0.313. The highest BCUT2D eigenvalue weighted by Gasteiger charge is 2.16. The molecule has 1 N–H and O–H groups in total. The van der Waals surface area contributed by atoms with Gasteiger partial charge in [0.15, 0.2) is 5.82 Å². The lowest BCUT2D eigenvalue weighted by atomic mass is 10.1. The molecule has 0 unspecified atom stereocenters. The molecule has 1 aromatic heterocycles. The molecule has 0 aliphatic rings. The Hall–Kier alpha value is -3.73. The Bertz CT molecular complexity index is 1300. The molecule has 5 heteroatoms. The van der Waals surface area contributed by atoms with Crippen LogP contribution in [0.5, 0.6) is 0 Å². The monoisotopic (exact) mass is 397 g/mol. The van der Waals surface area contributed by atoms with Crippen molar-refractivity contribution in [1.82, 2.24) is 9.66 Å². The molecule has 150 valence electrons. The zero-order valence-electron chi connectivity index (χ0n) is 17.3. The Kier molecular flexibility index (Phi) is 5.19. The maximum absolute atomic E-state index is 13.2. The van der Waals surface area contributed by atoms with Crippen LogP contribution < -0.4 is 11.0 Å². The molecule has 1 amide bonds. The molecule has 0 radical (unpaired) electrons. The molecule has 4 aromatic rings. The standard InChI is InChI=1S/C25H23N3O2/c1-4-18-10-13-19(14-11-18)24(29)27-28-23(20-12-9-16(2)17(3)15-20)26-22-8-6-5-7-21(22)25(28)30/h5-15H,4H2,1-3H3,(H,27,29). The fourth-order valence-corrected chi connectivity index (χ4v) is 3.37. The Morgan fingerprint density at radius 3 is 2.40 bits per heavy atom. The van der Waals surface area contributed by atoms with Crippen LogP contribution in [0, 0.1) is 13.8 Å². The van der Waals surface area contributed by atoms with Crippen LogP contribution in [-0.4, -0.2) is 15.6 Å². The van der Waals surface area contributed by atoms with E-state index >= 15 is 0 Å². The number of benzene rings is 3. The van der Waals surface area contributed by atoms with Crippen molar-refractivity contribution < 1.29 is 4.79 Å². The van der Waals surface area contributed by atoms with Gasteiger partial charge in [-0.3, -0.25) is 15.0 Å². The number of carbonyl (C=O) groups excluding carboxylic acids is 1. The molecule has 0 saturated carbocycles. The SMILES string of the molecule is CCc1ccc(C(=O)Nn2c(-c3ccc(C)c(C)c3)nc3ccccc3c2=O)cc1. The maximum atomic E-state index is 13.2. The van der Waals surface area contributed by atoms with Gasteiger partial charge in [-0.05, 0) is 67.3 Å². The smallest absolute Gasteiger partial charge is 0.267 e. The van der Waals surface area contributed by atoms with E-state index in [0.717, 1.165) is 28.7 Å². The van der Waals surface area contributed by atoms with E-state index in [-0.39, 0.29) is 11.5 Å². The molecular formula is C25H23N3O2. The summed E-state index contributed by atoms with van der Waals surface area (Å²) in [6, 6.07) is 20.4. The van der Waals surface area contributed by atoms with Crippen LogP contribution in [-0.2, 0) is 6.42 Å². The Morgan fingerprint density at radius 1 is 0.967 bits per heavy atom. The van der Waals surface area contributed by atoms with Gasteiger partial charge in [-0.1, -0.05) is 43.3 Å². The molecule has 0 bridgehead atoms. The minimum atomic E-state index is -0.359. The molecule has 4 rings (SSSR count). The van der Waals surface area contributed by atoms with Crippen LogP contribution >= 0.6 is 0 Å². The summed E-state index contributed by atoms with van der Waals surface area (Å²) in [5.41, 5.74) is 7.67. The van der Waals surface area contributed by atoms with Gasteiger partial charge in [0.05, 0.1) is 10.9 Å².